The van der Waals surface area contributed by atoms with Crippen LogP contribution >= 0.6 is 0 Å². The van der Waals surface area contributed by atoms with Crippen molar-refractivity contribution in [2.24, 2.45) is 5.73 Å². The van der Waals surface area contributed by atoms with Crippen LogP contribution in [-0.4, -0.2) is 39.4 Å². The molecule has 1 atom stereocenters. The number of benzene rings is 1. The Balaban J connectivity index is 1.88. The minimum atomic E-state index is 0.188. The van der Waals surface area contributed by atoms with Gasteiger partial charge in [0.2, 0.25) is 5.95 Å². The van der Waals surface area contributed by atoms with Crippen molar-refractivity contribution in [1.82, 2.24) is 15.2 Å². The van der Waals surface area contributed by atoms with E-state index in [1.165, 1.54) is 0 Å². The van der Waals surface area contributed by atoms with Gasteiger partial charge in [0, 0.05) is 30.3 Å². The number of piperidine rings is 1. The maximum absolute atomic E-state index is 9.76. The molecule has 6 nitrogen and oxygen atoms in total. The number of aromatic nitrogens is 3. The van der Waals surface area contributed by atoms with Crippen molar-refractivity contribution in [3.63, 3.8) is 0 Å². The highest BCUT2D eigenvalue weighted by atomic mass is 16.3. The first-order valence-electron chi connectivity index (χ1n) is 6.87. The summed E-state index contributed by atoms with van der Waals surface area (Å²) in [6, 6.07) is 5.57. The van der Waals surface area contributed by atoms with Gasteiger partial charge in [-0.05, 0) is 25.8 Å². The van der Waals surface area contributed by atoms with E-state index in [0.29, 0.717) is 11.8 Å². The molecule has 1 aromatic carbocycles. The molecule has 0 spiro atoms. The number of nitrogens with one attached hydrogen (secondary N) is 1. The Labute approximate surface area is 117 Å². The highest BCUT2D eigenvalue weighted by molar-refractivity contribution is 5.64. The summed E-state index contributed by atoms with van der Waals surface area (Å²) in [6.07, 6.45) is 2.12. The van der Waals surface area contributed by atoms with Gasteiger partial charge in [0.1, 0.15) is 5.75 Å². The number of H-pyrrole nitrogens is 1. The average molecular weight is 273 g/mol. The van der Waals surface area contributed by atoms with Crippen LogP contribution in [0.1, 0.15) is 18.4 Å². The second-order valence-electron chi connectivity index (χ2n) is 5.28. The van der Waals surface area contributed by atoms with Crippen molar-refractivity contribution < 1.29 is 5.11 Å². The Hall–Kier alpha value is -2.08. The Bertz CT molecular complexity index is 609. The Morgan fingerprint density at radius 1 is 1.45 bits per heavy atom. The fourth-order valence-electron chi connectivity index (χ4n) is 2.59. The highest BCUT2D eigenvalue weighted by Crippen LogP contribution is 2.27. The van der Waals surface area contributed by atoms with E-state index in [4.69, 9.17) is 5.73 Å². The van der Waals surface area contributed by atoms with Crippen LogP contribution in [0.3, 0.4) is 0 Å². The number of hydrogen-bond acceptors (Lipinski definition) is 5. The smallest absolute Gasteiger partial charge is 0.245 e. The second kappa shape index (κ2) is 5.13. The van der Waals surface area contributed by atoms with Crippen LogP contribution in [0.5, 0.6) is 5.75 Å². The number of nitrogens with zero attached hydrogens (tertiary/aromatic N) is 3. The quantitative estimate of drug-likeness (QED) is 0.769. The summed E-state index contributed by atoms with van der Waals surface area (Å²) in [5, 5.41) is 17.0. The van der Waals surface area contributed by atoms with E-state index < -0.39 is 0 Å². The Kier molecular flexibility index (Phi) is 3.31. The molecule has 4 N–H and O–H groups in total. The lowest BCUT2D eigenvalue weighted by molar-refractivity contribution is 0.471. The predicted molar refractivity (Wildman–Crippen MR) is 77.6 cm³/mol. The largest absolute Gasteiger partial charge is 0.508 e. The first-order chi connectivity index (χ1) is 9.65. The van der Waals surface area contributed by atoms with E-state index >= 15 is 0 Å². The molecule has 1 aliphatic rings. The summed E-state index contributed by atoms with van der Waals surface area (Å²) in [6.45, 7) is 3.59. The fourth-order valence-corrected chi connectivity index (χ4v) is 2.59. The van der Waals surface area contributed by atoms with Crippen molar-refractivity contribution >= 4 is 5.95 Å². The van der Waals surface area contributed by atoms with E-state index in [9.17, 15) is 5.11 Å². The van der Waals surface area contributed by atoms with Crippen LogP contribution in [0, 0.1) is 6.92 Å². The molecule has 6 heteroatoms. The van der Waals surface area contributed by atoms with E-state index in [-0.39, 0.29) is 11.8 Å². The van der Waals surface area contributed by atoms with Crippen molar-refractivity contribution in [2.45, 2.75) is 25.8 Å². The summed E-state index contributed by atoms with van der Waals surface area (Å²) >= 11 is 0. The molecule has 20 heavy (non-hydrogen) atoms. The molecule has 3 rings (SSSR count). The van der Waals surface area contributed by atoms with Crippen LogP contribution in [-0.2, 0) is 0 Å². The third kappa shape index (κ3) is 2.34. The van der Waals surface area contributed by atoms with Crippen molar-refractivity contribution in [2.75, 3.05) is 18.0 Å². The number of aromatic hydroxyl groups is 1. The van der Waals surface area contributed by atoms with Crippen LogP contribution < -0.4 is 10.6 Å². The molecule has 0 amide bonds. The van der Waals surface area contributed by atoms with E-state index in [1.807, 2.05) is 13.0 Å². The molecule has 0 bridgehead atoms. The minimum Gasteiger partial charge on any atom is -0.508 e. The monoisotopic (exact) mass is 273 g/mol. The fraction of sp³-hybridized carbons (Fsp3) is 0.429. The number of anilines is 1. The minimum absolute atomic E-state index is 0.188. The van der Waals surface area contributed by atoms with Crippen molar-refractivity contribution in [1.29, 1.82) is 0 Å². The van der Waals surface area contributed by atoms with Gasteiger partial charge in [-0.15, -0.1) is 5.10 Å². The van der Waals surface area contributed by atoms with Gasteiger partial charge in [-0.2, -0.15) is 4.98 Å². The lowest BCUT2D eigenvalue weighted by Crippen LogP contribution is -2.43. The van der Waals surface area contributed by atoms with Crippen LogP contribution in [0.2, 0.25) is 0 Å². The average Bonchev–Trinajstić information content (AvgIpc) is 2.91. The molecule has 1 aliphatic heterocycles. The molecule has 1 fully saturated rings. The predicted octanol–water partition coefficient (Wildman–Crippen LogP) is 1.41. The van der Waals surface area contributed by atoms with Crippen molar-refractivity contribution in [3.8, 4) is 17.1 Å². The van der Waals surface area contributed by atoms with Gasteiger partial charge >= 0.3 is 0 Å². The van der Waals surface area contributed by atoms with Gasteiger partial charge in [0.05, 0.1) is 0 Å². The van der Waals surface area contributed by atoms with Gasteiger partial charge < -0.3 is 15.7 Å². The van der Waals surface area contributed by atoms with E-state index in [0.717, 1.165) is 37.1 Å². The maximum atomic E-state index is 9.76. The zero-order valence-corrected chi connectivity index (χ0v) is 11.5. The molecule has 1 saturated heterocycles. The first-order valence-corrected chi connectivity index (χ1v) is 6.87. The zero-order valence-electron chi connectivity index (χ0n) is 11.5. The van der Waals surface area contributed by atoms with Gasteiger partial charge in [0.15, 0.2) is 5.82 Å². The Morgan fingerprint density at radius 3 is 3.10 bits per heavy atom. The molecule has 2 aromatic rings. The van der Waals surface area contributed by atoms with Crippen LogP contribution in [0.25, 0.3) is 11.4 Å². The molecule has 106 valence electrons. The normalized spacial score (nSPS) is 19.3. The first kappa shape index (κ1) is 12.9. The third-order valence-corrected chi connectivity index (χ3v) is 3.77. The maximum Gasteiger partial charge on any atom is 0.245 e. The lowest BCUT2D eigenvalue weighted by atomic mass is 10.1. The van der Waals surface area contributed by atoms with E-state index in [1.54, 1.807) is 12.1 Å². The molecule has 0 aliphatic carbocycles. The lowest BCUT2D eigenvalue weighted by Gasteiger charge is -2.29. The van der Waals surface area contributed by atoms with Crippen molar-refractivity contribution in [3.05, 3.63) is 23.8 Å². The molecule has 1 aromatic heterocycles. The summed E-state index contributed by atoms with van der Waals surface area (Å²) in [5.41, 5.74) is 7.65. The topological polar surface area (TPSA) is 91.1 Å². The number of hydrogen-bond donors (Lipinski definition) is 3. The second-order valence-corrected chi connectivity index (χ2v) is 5.28. The summed E-state index contributed by atoms with van der Waals surface area (Å²) < 4.78 is 0. The zero-order chi connectivity index (χ0) is 14.1. The standard InChI is InChI=1S/C14H19N5O/c1-9-11(5-2-6-12(9)20)13-16-14(18-17-13)19-7-3-4-10(15)8-19/h2,5-6,10,20H,3-4,7-8,15H2,1H3,(H,16,17,18). The molecule has 2 heterocycles. The third-order valence-electron chi connectivity index (χ3n) is 3.77. The number of rotatable bonds is 2. The highest BCUT2D eigenvalue weighted by Gasteiger charge is 2.20. The number of phenols is 1. The van der Waals surface area contributed by atoms with Crippen LogP contribution in [0.15, 0.2) is 18.2 Å². The van der Waals surface area contributed by atoms with Gasteiger partial charge in [-0.1, -0.05) is 12.1 Å². The van der Waals surface area contributed by atoms with Gasteiger partial charge in [0.25, 0.3) is 0 Å². The summed E-state index contributed by atoms with van der Waals surface area (Å²) in [7, 11) is 0. The Morgan fingerprint density at radius 2 is 2.30 bits per heavy atom. The molecule has 0 radical (unpaired) electrons. The SMILES string of the molecule is Cc1c(O)cccc1-c1nc(N2CCCC(N)C2)n[nH]1. The molecule has 1 unspecified atom stereocenters. The summed E-state index contributed by atoms with van der Waals surface area (Å²) in [5.74, 6) is 1.62. The molecular weight excluding hydrogens is 254 g/mol. The number of phenolic OH excluding ortho intramolecular Hbond substituents is 1. The summed E-state index contributed by atoms with van der Waals surface area (Å²) in [4.78, 5) is 6.64. The van der Waals surface area contributed by atoms with Crippen LogP contribution in [0.4, 0.5) is 5.95 Å². The number of aromatic amines is 1. The molecule has 0 saturated carbocycles. The van der Waals surface area contributed by atoms with E-state index in [2.05, 4.69) is 20.1 Å². The van der Waals surface area contributed by atoms with Gasteiger partial charge in [-0.25, -0.2) is 0 Å². The van der Waals surface area contributed by atoms with Gasteiger partial charge in [-0.3, -0.25) is 5.10 Å². The number of nitrogens with two attached hydrogens (primary N) is 1. The molecular formula is C14H19N5O.